The lowest BCUT2D eigenvalue weighted by atomic mass is 10.0. The van der Waals surface area contributed by atoms with E-state index in [2.05, 4.69) is 26.4 Å². The number of halogens is 1. The minimum Gasteiger partial charge on any atom is -0.391 e. The highest BCUT2D eigenvalue weighted by atomic mass is 35.5. The van der Waals surface area contributed by atoms with E-state index >= 15 is 0 Å². The minimum atomic E-state index is -1.41. The number of nitrogens with one attached hydrogen (secondary N) is 4. The number of carbonyl (C=O) groups excluding carboxylic acids is 4. The van der Waals surface area contributed by atoms with Crippen LogP contribution in [0.5, 0.6) is 0 Å². The zero-order valence-electron chi connectivity index (χ0n) is 26.9. The first kappa shape index (κ1) is 36.5. The van der Waals surface area contributed by atoms with Gasteiger partial charge in [0.15, 0.2) is 5.69 Å². The third-order valence-electron chi connectivity index (χ3n) is 6.79. The standard InChI is InChI=1S/C34H39ClN6O6/c1-20-15-28(41-47-20)32(45)39-29(21(2)42)33(46)38-27(31(44)37-19-24-11-6-7-12-26(24)35)14-13-22-9-8-10-23(16-22)17-25(18-36)30(43)40-34(3,4)5/h6-12,15-17,21,27,29,42H,13-14,19H2,1-5H3,(H,37,44)(H,38,46)(H,39,45)(H,40,43)/t21-,27?,29+/m1/s1. The summed E-state index contributed by atoms with van der Waals surface area (Å²) >= 11 is 6.25. The summed E-state index contributed by atoms with van der Waals surface area (Å²) in [7, 11) is 0. The van der Waals surface area contributed by atoms with Crippen LogP contribution < -0.4 is 21.3 Å². The van der Waals surface area contributed by atoms with Crippen LogP contribution in [0, 0.1) is 18.3 Å². The summed E-state index contributed by atoms with van der Waals surface area (Å²) in [5.74, 6) is -2.14. The van der Waals surface area contributed by atoms with E-state index in [9.17, 15) is 29.5 Å². The van der Waals surface area contributed by atoms with Gasteiger partial charge in [-0.25, -0.2) is 0 Å². The van der Waals surface area contributed by atoms with Gasteiger partial charge in [0, 0.05) is 23.2 Å². The molecule has 1 heterocycles. The summed E-state index contributed by atoms with van der Waals surface area (Å²) in [6, 6.07) is 14.9. The molecule has 2 aromatic carbocycles. The number of amides is 4. The maximum Gasteiger partial charge on any atom is 0.274 e. The lowest BCUT2D eigenvalue weighted by Gasteiger charge is -2.24. The molecule has 0 aliphatic heterocycles. The number of carbonyl (C=O) groups is 4. The quantitative estimate of drug-likeness (QED) is 0.136. The van der Waals surface area contributed by atoms with Crippen molar-refractivity contribution in [2.24, 2.45) is 0 Å². The molecule has 0 radical (unpaired) electrons. The lowest BCUT2D eigenvalue weighted by molar-refractivity contribution is -0.131. The smallest absolute Gasteiger partial charge is 0.274 e. The number of rotatable bonds is 13. The lowest BCUT2D eigenvalue weighted by Crippen LogP contribution is -2.57. The molecular formula is C34H39ClN6O6. The number of aliphatic hydroxyl groups is 1. The monoisotopic (exact) mass is 662 g/mol. The molecule has 0 fully saturated rings. The van der Waals surface area contributed by atoms with Gasteiger partial charge in [-0.05, 0) is 76.3 Å². The highest BCUT2D eigenvalue weighted by Crippen LogP contribution is 2.16. The Bertz CT molecular complexity index is 1670. The van der Waals surface area contributed by atoms with E-state index in [0.717, 1.165) is 5.56 Å². The number of hydrogen-bond acceptors (Lipinski definition) is 8. The second-order valence-electron chi connectivity index (χ2n) is 12.0. The van der Waals surface area contributed by atoms with Gasteiger partial charge in [0.2, 0.25) is 11.8 Å². The molecule has 0 aliphatic carbocycles. The van der Waals surface area contributed by atoms with Crippen LogP contribution in [0.2, 0.25) is 5.02 Å². The van der Waals surface area contributed by atoms with Crippen LogP contribution in [0.1, 0.15) is 67.1 Å². The van der Waals surface area contributed by atoms with Crippen LogP contribution >= 0.6 is 11.6 Å². The number of aliphatic hydroxyl groups excluding tert-OH is 1. The van der Waals surface area contributed by atoms with E-state index in [-0.39, 0.29) is 24.2 Å². The van der Waals surface area contributed by atoms with Crippen molar-refractivity contribution in [3.63, 3.8) is 0 Å². The molecule has 13 heteroatoms. The summed E-state index contributed by atoms with van der Waals surface area (Å²) in [6.07, 6.45) is 0.608. The summed E-state index contributed by atoms with van der Waals surface area (Å²) in [6.45, 7) is 8.48. The summed E-state index contributed by atoms with van der Waals surface area (Å²) in [4.78, 5) is 52.0. The fraction of sp³-hybridized carbons (Fsp3) is 0.353. The second kappa shape index (κ2) is 16.5. The van der Waals surface area contributed by atoms with Crippen molar-refractivity contribution in [1.82, 2.24) is 26.4 Å². The molecule has 3 atom stereocenters. The molecule has 1 aromatic heterocycles. The van der Waals surface area contributed by atoms with Gasteiger partial charge in [0.25, 0.3) is 11.8 Å². The van der Waals surface area contributed by atoms with E-state index in [1.165, 1.54) is 19.1 Å². The fourth-order valence-corrected chi connectivity index (χ4v) is 4.65. The summed E-state index contributed by atoms with van der Waals surface area (Å²) in [5, 5.41) is 34.7. The number of aromatic nitrogens is 1. The van der Waals surface area contributed by atoms with Crippen molar-refractivity contribution in [3.8, 4) is 6.07 Å². The Morgan fingerprint density at radius 1 is 1.06 bits per heavy atom. The van der Waals surface area contributed by atoms with Crippen LogP contribution in [-0.2, 0) is 27.3 Å². The van der Waals surface area contributed by atoms with E-state index in [0.29, 0.717) is 28.3 Å². The highest BCUT2D eigenvalue weighted by molar-refractivity contribution is 6.31. The van der Waals surface area contributed by atoms with Crippen molar-refractivity contribution < 1.29 is 28.8 Å². The molecule has 0 saturated carbocycles. The topological polar surface area (TPSA) is 186 Å². The normalized spacial score (nSPS) is 13.4. The minimum absolute atomic E-state index is 0.0619. The van der Waals surface area contributed by atoms with Gasteiger partial charge in [-0.3, -0.25) is 19.2 Å². The van der Waals surface area contributed by atoms with E-state index < -0.39 is 47.4 Å². The van der Waals surface area contributed by atoms with Crippen LogP contribution in [0.3, 0.4) is 0 Å². The largest absolute Gasteiger partial charge is 0.391 e. The summed E-state index contributed by atoms with van der Waals surface area (Å²) < 4.78 is 4.92. The van der Waals surface area contributed by atoms with Crippen LogP contribution in [0.25, 0.3) is 6.08 Å². The average Bonchev–Trinajstić information content (AvgIpc) is 3.45. The van der Waals surface area contributed by atoms with E-state index in [1.54, 1.807) is 49.4 Å². The molecule has 248 valence electrons. The maximum absolute atomic E-state index is 13.4. The number of hydrogen-bond donors (Lipinski definition) is 5. The molecule has 3 rings (SSSR count). The first-order chi connectivity index (χ1) is 22.2. The van der Waals surface area contributed by atoms with Gasteiger partial charge in [0.1, 0.15) is 29.5 Å². The number of aryl methyl sites for hydroxylation is 2. The molecule has 3 aromatic rings. The van der Waals surface area contributed by atoms with Crippen molar-refractivity contribution in [2.45, 2.75) is 77.7 Å². The zero-order chi connectivity index (χ0) is 34.7. The average molecular weight is 663 g/mol. The molecule has 47 heavy (non-hydrogen) atoms. The number of nitriles is 1. The third kappa shape index (κ3) is 11.4. The predicted octanol–water partition coefficient (Wildman–Crippen LogP) is 3.37. The van der Waals surface area contributed by atoms with Crippen molar-refractivity contribution in [2.75, 3.05) is 0 Å². The fourth-order valence-electron chi connectivity index (χ4n) is 4.44. The maximum atomic E-state index is 13.4. The Hall–Kier alpha value is -4.99. The van der Waals surface area contributed by atoms with Gasteiger partial charge < -0.3 is 30.9 Å². The zero-order valence-corrected chi connectivity index (χ0v) is 27.6. The van der Waals surface area contributed by atoms with Crippen LogP contribution in [0.15, 0.2) is 64.7 Å². The first-order valence-electron chi connectivity index (χ1n) is 14.9. The Labute approximate surface area is 278 Å². The Morgan fingerprint density at radius 2 is 1.79 bits per heavy atom. The van der Waals surface area contributed by atoms with E-state index in [1.807, 2.05) is 32.9 Å². The predicted molar refractivity (Wildman–Crippen MR) is 176 cm³/mol. The highest BCUT2D eigenvalue weighted by Gasteiger charge is 2.31. The SMILES string of the molecule is Cc1cc(C(=O)N[C@H](C(=O)NC(CCc2cccc(C=C(C#N)C(=O)NC(C)(C)C)c2)C(=O)NCc2ccccc2Cl)[C@@H](C)O)no1. The van der Waals surface area contributed by atoms with Crippen LogP contribution in [0.4, 0.5) is 0 Å². The van der Waals surface area contributed by atoms with Crippen LogP contribution in [-0.4, -0.2) is 57.6 Å². The summed E-state index contributed by atoms with van der Waals surface area (Å²) in [5.41, 5.74) is 1.39. The second-order valence-corrected chi connectivity index (χ2v) is 12.4. The molecule has 4 amide bonds. The molecule has 0 saturated heterocycles. The van der Waals surface area contributed by atoms with Gasteiger partial charge >= 0.3 is 0 Å². The molecule has 1 unspecified atom stereocenters. The number of nitrogens with zero attached hydrogens (tertiary/aromatic N) is 2. The van der Waals surface area contributed by atoms with E-state index in [4.69, 9.17) is 16.1 Å². The molecular weight excluding hydrogens is 624 g/mol. The Morgan fingerprint density at radius 3 is 2.40 bits per heavy atom. The van der Waals surface area contributed by atoms with Crippen molar-refractivity contribution in [3.05, 3.63) is 93.3 Å². The van der Waals surface area contributed by atoms with Gasteiger partial charge in [0.05, 0.1) is 6.10 Å². The molecule has 12 nitrogen and oxygen atoms in total. The Kier molecular flexibility index (Phi) is 12.8. The van der Waals surface area contributed by atoms with Gasteiger partial charge in [-0.15, -0.1) is 0 Å². The third-order valence-corrected chi connectivity index (χ3v) is 7.16. The van der Waals surface area contributed by atoms with Gasteiger partial charge in [-0.1, -0.05) is 59.2 Å². The van der Waals surface area contributed by atoms with Crippen molar-refractivity contribution in [1.29, 1.82) is 5.26 Å². The molecule has 0 bridgehead atoms. The number of benzene rings is 2. The molecule has 5 N–H and O–H groups in total. The molecule has 0 aliphatic rings. The Balaban J connectivity index is 1.80. The van der Waals surface area contributed by atoms with Crippen molar-refractivity contribution >= 4 is 41.3 Å². The molecule has 0 spiro atoms. The first-order valence-corrected chi connectivity index (χ1v) is 15.3. The van der Waals surface area contributed by atoms with Gasteiger partial charge in [-0.2, -0.15) is 5.26 Å².